The predicted octanol–water partition coefficient (Wildman–Crippen LogP) is 2.40. The molecular formula is C15H16N2O. The van der Waals surface area contributed by atoms with Crippen LogP contribution >= 0.6 is 0 Å². The molecule has 1 N–H and O–H groups in total. The first-order valence-electron chi connectivity index (χ1n) is 6.20. The van der Waals surface area contributed by atoms with E-state index in [1.165, 1.54) is 22.3 Å². The largest absolute Gasteiger partial charge is 0.496 e. The van der Waals surface area contributed by atoms with Gasteiger partial charge in [-0.15, -0.1) is 0 Å². The zero-order valence-electron chi connectivity index (χ0n) is 10.4. The van der Waals surface area contributed by atoms with Gasteiger partial charge < -0.3 is 10.1 Å². The molecule has 3 nitrogen and oxygen atoms in total. The molecule has 0 atom stereocenters. The molecule has 1 aromatic carbocycles. The third kappa shape index (κ3) is 1.87. The predicted molar refractivity (Wildman–Crippen MR) is 71.6 cm³/mol. The van der Waals surface area contributed by atoms with E-state index in [2.05, 4.69) is 34.6 Å². The zero-order chi connectivity index (χ0) is 12.4. The van der Waals surface area contributed by atoms with Crippen LogP contribution in [0.4, 0.5) is 0 Å². The summed E-state index contributed by atoms with van der Waals surface area (Å²) in [5, 5.41) is 3.43. The fraction of sp³-hybridized carbons (Fsp3) is 0.267. The van der Waals surface area contributed by atoms with E-state index in [0.717, 1.165) is 25.3 Å². The third-order valence-corrected chi connectivity index (χ3v) is 3.45. The number of methoxy groups -OCH3 is 1. The minimum atomic E-state index is 0.907. The van der Waals surface area contributed by atoms with E-state index in [9.17, 15) is 0 Å². The van der Waals surface area contributed by atoms with Crippen LogP contribution in [0.3, 0.4) is 0 Å². The lowest BCUT2D eigenvalue weighted by atomic mass is 9.91. The number of aromatic nitrogens is 1. The Balaban J connectivity index is 2.17. The van der Waals surface area contributed by atoms with Crippen LogP contribution in [0.5, 0.6) is 5.75 Å². The maximum Gasteiger partial charge on any atom is 0.122 e. The van der Waals surface area contributed by atoms with Crippen LogP contribution in [0.25, 0.3) is 11.1 Å². The third-order valence-electron chi connectivity index (χ3n) is 3.45. The van der Waals surface area contributed by atoms with E-state index in [1.54, 1.807) is 7.11 Å². The highest BCUT2D eigenvalue weighted by Crippen LogP contribution is 2.33. The molecule has 2 aromatic rings. The van der Waals surface area contributed by atoms with Gasteiger partial charge in [-0.2, -0.15) is 0 Å². The van der Waals surface area contributed by atoms with Gasteiger partial charge in [0.15, 0.2) is 0 Å². The summed E-state index contributed by atoms with van der Waals surface area (Å²) in [6.07, 6.45) is 4.70. The normalized spacial score (nSPS) is 14.1. The molecule has 2 heterocycles. The maximum absolute atomic E-state index is 5.46. The van der Waals surface area contributed by atoms with Crippen molar-refractivity contribution in [3.05, 3.63) is 47.8 Å². The first-order valence-corrected chi connectivity index (χ1v) is 6.20. The Labute approximate surface area is 107 Å². The van der Waals surface area contributed by atoms with Gasteiger partial charge in [-0.05, 0) is 47.9 Å². The van der Waals surface area contributed by atoms with Crippen LogP contribution < -0.4 is 10.1 Å². The number of nitrogens with zero attached hydrogens (tertiary/aromatic N) is 1. The Bertz CT molecular complexity index is 552. The summed E-state index contributed by atoms with van der Waals surface area (Å²) in [4.78, 5) is 4.08. The monoisotopic (exact) mass is 240 g/mol. The van der Waals surface area contributed by atoms with Crippen molar-refractivity contribution in [3.63, 3.8) is 0 Å². The second-order valence-electron chi connectivity index (χ2n) is 4.44. The van der Waals surface area contributed by atoms with E-state index < -0.39 is 0 Å². The molecule has 92 valence electrons. The van der Waals surface area contributed by atoms with Crippen molar-refractivity contribution in [2.24, 2.45) is 0 Å². The Kier molecular flexibility index (Phi) is 2.99. The van der Waals surface area contributed by atoms with Gasteiger partial charge in [0.1, 0.15) is 5.75 Å². The van der Waals surface area contributed by atoms with Crippen molar-refractivity contribution in [1.82, 2.24) is 10.3 Å². The smallest absolute Gasteiger partial charge is 0.122 e. The number of ether oxygens (including phenoxy) is 1. The molecule has 18 heavy (non-hydrogen) atoms. The fourth-order valence-corrected chi connectivity index (χ4v) is 2.57. The van der Waals surface area contributed by atoms with Crippen LogP contribution in [0.15, 0.2) is 36.7 Å². The molecule has 3 rings (SSSR count). The second-order valence-corrected chi connectivity index (χ2v) is 4.44. The van der Waals surface area contributed by atoms with Gasteiger partial charge >= 0.3 is 0 Å². The minimum Gasteiger partial charge on any atom is -0.496 e. The number of rotatable bonds is 2. The molecule has 1 aliphatic heterocycles. The second kappa shape index (κ2) is 4.78. The van der Waals surface area contributed by atoms with Crippen LogP contribution in [0, 0.1) is 0 Å². The number of benzene rings is 1. The Morgan fingerprint density at radius 2 is 1.94 bits per heavy atom. The summed E-state index contributed by atoms with van der Waals surface area (Å²) >= 11 is 0. The SMILES string of the molecule is COc1ccc(-c2ccncc2)c2c1CCNC2. The van der Waals surface area contributed by atoms with E-state index in [4.69, 9.17) is 4.74 Å². The standard InChI is InChI=1S/C15H16N2O/c1-18-15-3-2-12(11-4-7-16-8-5-11)14-10-17-9-6-13(14)15/h2-5,7-8,17H,6,9-10H2,1H3. The molecule has 0 saturated carbocycles. The van der Waals surface area contributed by atoms with E-state index in [1.807, 2.05) is 12.4 Å². The first kappa shape index (κ1) is 11.2. The molecule has 0 spiro atoms. The summed E-state index contributed by atoms with van der Waals surface area (Å²) < 4.78 is 5.46. The van der Waals surface area contributed by atoms with E-state index in [-0.39, 0.29) is 0 Å². The minimum absolute atomic E-state index is 0.907. The summed E-state index contributed by atoms with van der Waals surface area (Å²) in [6.45, 7) is 1.92. The molecule has 0 amide bonds. The lowest BCUT2D eigenvalue weighted by Gasteiger charge is -2.23. The Hall–Kier alpha value is -1.87. The van der Waals surface area contributed by atoms with Crippen LogP contribution in [-0.2, 0) is 13.0 Å². The maximum atomic E-state index is 5.46. The molecule has 3 heteroatoms. The van der Waals surface area contributed by atoms with Gasteiger partial charge in [0.25, 0.3) is 0 Å². The van der Waals surface area contributed by atoms with Crippen molar-refractivity contribution in [2.75, 3.05) is 13.7 Å². The number of fused-ring (bicyclic) bond motifs is 1. The van der Waals surface area contributed by atoms with Gasteiger partial charge in [-0.3, -0.25) is 4.98 Å². The van der Waals surface area contributed by atoms with E-state index >= 15 is 0 Å². The summed E-state index contributed by atoms with van der Waals surface area (Å²) in [5.74, 6) is 1.00. The summed E-state index contributed by atoms with van der Waals surface area (Å²) in [5.41, 5.74) is 5.19. The molecule has 1 aromatic heterocycles. The van der Waals surface area contributed by atoms with Gasteiger partial charge in [-0.1, -0.05) is 6.07 Å². The van der Waals surface area contributed by atoms with Crippen LogP contribution in [0.2, 0.25) is 0 Å². The molecule has 0 unspecified atom stereocenters. The number of hydrogen-bond acceptors (Lipinski definition) is 3. The number of pyridine rings is 1. The summed E-state index contributed by atoms with van der Waals surface area (Å²) in [7, 11) is 1.74. The van der Waals surface area contributed by atoms with E-state index in [0.29, 0.717) is 0 Å². The van der Waals surface area contributed by atoms with Crippen LogP contribution in [-0.4, -0.2) is 18.6 Å². The highest BCUT2D eigenvalue weighted by atomic mass is 16.5. The quantitative estimate of drug-likeness (QED) is 0.875. The average molecular weight is 240 g/mol. The zero-order valence-corrected chi connectivity index (χ0v) is 10.4. The lowest BCUT2D eigenvalue weighted by Crippen LogP contribution is -2.24. The Morgan fingerprint density at radius 3 is 2.72 bits per heavy atom. The van der Waals surface area contributed by atoms with Crippen LogP contribution in [0.1, 0.15) is 11.1 Å². The van der Waals surface area contributed by atoms with Crippen molar-refractivity contribution in [3.8, 4) is 16.9 Å². The average Bonchev–Trinajstić information content (AvgIpc) is 2.47. The van der Waals surface area contributed by atoms with Gasteiger partial charge in [0, 0.05) is 24.5 Å². The molecule has 0 fully saturated rings. The fourth-order valence-electron chi connectivity index (χ4n) is 2.57. The van der Waals surface area contributed by atoms with Gasteiger partial charge in [-0.25, -0.2) is 0 Å². The summed E-state index contributed by atoms with van der Waals surface area (Å²) in [6, 6.07) is 8.31. The molecular weight excluding hydrogens is 224 g/mol. The van der Waals surface area contributed by atoms with Crippen molar-refractivity contribution in [2.45, 2.75) is 13.0 Å². The Morgan fingerprint density at radius 1 is 1.11 bits per heavy atom. The van der Waals surface area contributed by atoms with Crippen molar-refractivity contribution < 1.29 is 4.74 Å². The van der Waals surface area contributed by atoms with Crippen molar-refractivity contribution in [1.29, 1.82) is 0 Å². The van der Waals surface area contributed by atoms with Gasteiger partial charge in [0.2, 0.25) is 0 Å². The molecule has 0 saturated heterocycles. The first-order chi connectivity index (χ1) is 8.90. The number of nitrogens with one attached hydrogen (secondary N) is 1. The molecule has 1 aliphatic rings. The number of hydrogen-bond donors (Lipinski definition) is 1. The lowest BCUT2D eigenvalue weighted by molar-refractivity contribution is 0.406. The van der Waals surface area contributed by atoms with Crippen molar-refractivity contribution >= 4 is 0 Å². The molecule has 0 aliphatic carbocycles. The van der Waals surface area contributed by atoms with Gasteiger partial charge in [0.05, 0.1) is 7.11 Å². The highest BCUT2D eigenvalue weighted by Gasteiger charge is 2.17. The molecule has 0 radical (unpaired) electrons. The molecule has 0 bridgehead atoms. The topological polar surface area (TPSA) is 34.1 Å². The highest BCUT2D eigenvalue weighted by molar-refractivity contribution is 5.70.